The van der Waals surface area contributed by atoms with Crippen LogP contribution in [0.25, 0.3) is 0 Å². The van der Waals surface area contributed by atoms with E-state index in [9.17, 15) is 14.4 Å². The molecular weight excluding hydrogens is 212 g/mol. The summed E-state index contributed by atoms with van der Waals surface area (Å²) in [5.74, 6) is -0.920. The fraction of sp³-hybridized carbons (Fsp3) is 0.667. The van der Waals surface area contributed by atoms with Gasteiger partial charge in [-0.05, 0) is 6.42 Å². The van der Waals surface area contributed by atoms with Crippen LogP contribution in [0.1, 0.15) is 19.8 Å². The SMILES string of the molecule is CCCNC(=O)NCCC(=O)NCC(N)=O. The van der Waals surface area contributed by atoms with Gasteiger partial charge in [-0.1, -0.05) is 6.92 Å². The topological polar surface area (TPSA) is 113 Å². The molecule has 0 spiro atoms. The van der Waals surface area contributed by atoms with Gasteiger partial charge >= 0.3 is 6.03 Å². The lowest BCUT2D eigenvalue weighted by atomic mass is 10.4. The molecule has 0 aromatic heterocycles. The minimum atomic E-state index is -0.595. The quantitative estimate of drug-likeness (QED) is 0.435. The highest BCUT2D eigenvalue weighted by Gasteiger charge is 2.03. The summed E-state index contributed by atoms with van der Waals surface area (Å²) in [4.78, 5) is 32.4. The van der Waals surface area contributed by atoms with E-state index in [0.29, 0.717) is 6.54 Å². The summed E-state index contributed by atoms with van der Waals surface area (Å²) in [6.45, 7) is 2.58. The number of rotatable bonds is 7. The molecule has 7 heteroatoms. The first kappa shape index (κ1) is 14.2. The summed E-state index contributed by atoms with van der Waals surface area (Å²) in [6.07, 6.45) is 0.972. The van der Waals surface area contributed by atoms with Gasteiger partial charge in [0.15, 0.2) is 0 Å². The molecule has 0 aliphatic carbocycles. The van der Waals surface area contributed by atoms with Crippen LogP contribution in [0.3, 0.4) is 0 Å². The van der Waals surface area contributed by atoms with Gasteiger partial charge in [0.05, 0.1) is 6.54 Å². The first-order valence-electron chi connectivity index (χ1n) is 5.13. The van der Waals surface area contributed by atoms with Gasteiger partial charge in [-0.25, -0.2) is 4.79 Å². The number of hydrogen-bond donors (Lipinski definition) is 4. The Bertz CT molecular complexity index is 255. The van der Waals surface area contributed by atoms with E-state index >= 15 is 0 Å². The minimum absolute atomic E-state index is 0.118. The van der Waals surface area contributed by atoms with Crippen LogP contribution in [-0.4, -0.2) is 37.5 Å². The summed E-state index contributed by atoms with van der Waals surface area (Å²) in [6, 6.07) is -0.301. The Hall–Kier alpha value is -1.79. The molecular formula is C9H18N4O3. The van der Waals surface area contributed by atoms with Crippen LogP contribution in [0.5, 0.6) is 0 Å². The Kier molecular flexibility index (Phi) is 7.56. The maximum atomic E-state index is 11.1. The largest absolute Gasteiger partial charge is 0.368 e. The number of primary amides is 1. The maximum Gasteiger partial charge on any atom is 0.314 e. The molecule has 16 heavy (non-hydrogen) atoms. The second-order valence-corrected chi connectivity index (χ2v) is 3.18. The normalized spacial score (nSPS) is 9.31. The molecule has 0 atom stereocenters. The molecule has 92 valence electrons. The molecule has 0 aromatic rings. The van der Waals surface area contributed by atoms with E-state index in [0.717, 1.165) is 6.42 Å². The zero-order valence-corrected chi connectivity index (χ0v) is 9.34. The van der Waals surface area contributed by atoms with Gasteiger partial charge in [0.1, 0.15) is 0 Å². The van der Waals surface area contributed by atoms with Gasteiger partial charge < -0.3 is 21.7 Å². The Balaban J connectivity index is 3.46. The summed E-state index contributed by atoms with van der Waals surface area (Å²) in [7, 11) is 0. The molecule has 0 heterocycles. The smallest absolute Gasteiger partial charge is 0.314 e. The van der Waals surface area contributed by atoms with Gasteiger partial charge in [0, 0.05) is 19.5 Å². The summed E-state index contributed by atoms with van der Waals surface area (Å²) >= 11 is 0. The van der Waals surface area contributed by atoms with E-state index in [4.69, 9.17) is 5.73 Å². The van der Waals surface area contributed by atoms with E-state index in [1.165, 1.54) is 0 Å². The highest BCUT2D eigenvalue weighted by Crippen LogP contribution is 1.78. The summed E-state index contributed by atoms with van der Waals surface area (Å²) < 4.78 is 0. The van der Waals surface area contributed by atoms with Crippen LogP contribution in [0.15, 0.2) is 0 Å². The minimum Gasteiger partial charge on any atom is -0.368 e. The molecule has 4 amide bonds. The van der Waals surface area contributed by atoms with Crippen LogP contribution < -0.4 is 21.7 Å². The number of amides is 4. The molecule has 0 aromatic carbocycles. The third kappa shape index (κ3) is 8.79. The molecule has 0 fully saturated rings. The van der Waals surface area contributed by atoms with Crippen molar-refractivity contribution in [2.45, 2.75) is 19.8 Å². The second kappa shape index (κ2) is 8.51. The van der Waals surface area contributed by atoms with E-state index in [1.807, 2.05) is 6.92 Å². The fourth-order valence-corrected chi connectivity index (χ4v) is 0.865. The van der Waals surface area contributed by atoms with Crippen molar-refractivity contribution >= 4 is 17.8 Å². The molecule has 0 radical (unpaired) electrons. The van der Waals surface area contributed by atoms with Crippen LogP contribution >= 0.6 is 0 Å². The van der Waals surface area contributed by atoms with Crippen molar-refractivity contribution in [3.05, 3.63) is 0 Å². The Morgan fingerprint density at radius 1 is 1.06 bits per heavy atom. The van der Waals surface area contributed by atoms with Crippen molar-refractivity contribution in [2.75, 3.05) is 19.6 Å². The standard InChI is InChI=1S/C9H18N4O3/c1-2-4-11-9(16)12-5-3-8(15)13-6-7(10)14/h2-6H2,1H3,(H2,10,14)(H,13,15)(H2,11,12,16). The number of carbonyl (C=O) groups is 3. The first-order valence-corrected chi connectivity index (χ1v) is 5.13. The Morgan fingerprint density at radius 2 is 1.69 bits per heavy atom. The third-order valence-corrected chi connectivity index (χ3v) is 1.63. The van der Waals surface area contributed by atoms with Crippen LogP contribution in [0.2, 0.25) is 0 Å². The summed E-state index contributed by atoms with van der Waals surface area (Å²) in [5, 5.41) is 7.42. The van der Waals surface area contributed by atoms with Crippen molar-refractivity contribution in [1.82, 2.24) is 16.0 Å². The van der Waals surface area contributed by atoms with E-state index < -0.39 is 5.91 Å². The number of hydrogen-bond acceptors (Lipinski definition) is 3. The molecule has 0 aliphatic rings. The predicted molar refractivity (Wildman–Crippen MR) is 58.5 cm³/mol. The van der Waals surface area contributed by atoms with Gasteiger partial charge in [-0.2, -0.15) is 0 Å². The number of carbonyl (C=O) groups excluding carboxylic acids is 3. The average Bonchev–Trinajstić information content (AvgIpc) is 2.23. The van der Waals surface area contributed by atoms with E-state index in [-0.39, 0.29) is 31.4 Å². The number of urea groups is 1. The zero-order chi connectivity index (χ0) is 12.4. The molecule has 0 saturated heterocycles. The highest BCUT2D eigenvalue weighted by molar-refractivity contribution is 5.84. The molecule has 5 N–H and O–H groups in total. The average molecular weight is 230 g/mol. The lowest BCUT2D eigenvalue weighted by molar-refractivity contribution is -0.124. The molecule has 0 saturated carbocycles. The number of nitrogens with one attached hydrogen (secondary N) is 3. The predicted octanol–water partition coefficient (Wildman–Crippen LogP) is -1.31. The molecule has 7 nitrogen and oxygen atoms in total. The molecule has 0 unspecified atom stereocenters. The summed E-state index contributed by atoms with van der Waals surface area (Å²) in [5.41, 5.74) is 4.84. The number of nitrogens with two attached hydrogens (primary N) is 1. The van der Waals surface area contributed by atoms with Gasteiger partial charge in [0.2, 0.25) is 11.8 Å². The zero-order valence-electron chi connectivity index (χ0n) is 9.34. The van der Waals surface area contributed by atoms with Crippen molar-refractivity contribution in [1.29, 1.82) is 0 Å². The van der Waals surface area contributed by atoms with Crippen molar-refractivity contribution < 1.29 is 14.4 Å². The van der Waals surface area contributed by atoms with Crippen LogP contribution in [-0.2, 0) is 9.59 Å². The van der Waals surface area contributed by atoms with Gasteiger partial charge in [-0.15, -0.1) is 0 Å². The second-order valence-electron chi connectivity index (χ2n) is 3.18. The molecule has 0 bridgehead atoms. The van der Waals surface area contributed by atoms with Crippen molar-refractivity contribution in [3.63, 3.8) is 0 Å². The molecule has 0 rings (SSSR count). The van der Waals surface area contributed by atoms with E-state index in [2.05, 4.69) is 16.0 Å². The fourth-order valence-electron chi connectivity index (χ4n) is 0.865. The maximum absolute atomic E-state index is 11.1. The monoisotopic (exact) mass is 230 g/mol. The third-order valence-electron chi connectivity index (χ3n) is 1.63. The lowest BCUT2D eigenvalue weighted by Gasteiger charge is -2.06. The first-order chi connectivity index (χ1) is 7.56. The highest BCUT2D eigenvalue weighted by atomic mass is 16.2. The van der Waals surface area contributed by atoms with Gasteiger partial charge in [0.25, 0.3) is 0 Å². The van der Waals surface area contributed by atoms with Gasteiger partial charge in [-0.3, -0.25) is 9.59 Å². The van der Waals surface area contributed by atoms with Crippen LogP contribution in [0.4, 0.5) is 4.79 Å². The Labute approximate surface area is 94.1 Å². The van der Waals surface area contributed by atoms with E-state index in [1.54, 1.807) is 0 Å². The van der Waals surface area contributed by atoms with Crippen molar-refractivity contribution in [3.8, 4) is 0 Å². The molecule has 0 aliphatic heterocycles. The van der Waals surface area contributed by atoms with Crippen molar-refractivity contribution in [2.24, 2.45) is 5.73 Å². The Morgan fingerprint density at radius 3 is 2.25 bits per heavy atom. The van der Waals surface area contributed by atoms with Crippen LogP contribution in [0, 0.1) is 0 Å². The lowest BCUT2D eigenvalue weighted by Crippen LogP contribution is -2.39.